The van der Waals surface area contributed by atoms with Crippen LogP contribution in [0.3, 0.4) is 0 Å². The van der Waals surface area contributed by atoms with E-state index in [1.54, 1.807) is 0 Å². The number of hydrogen-bond acceptors (Lipinski definition) is 3. The average Bonchev–Trinajstić information content (AvgIpc) is 2.48. The van der Waals surface area contributed by atoms with Gasteiger partial charge in [-0.25, -0.2) is 9.18 Å². The predicted molar refractivity (Wildman–Crippen MR) is 91.0 cm³/mol. The van der Waals surface area contributed by atoms with Gasteiger partial charge in [0.15, 0.2) is 6.61 Å². The monoisotopic (exact) mass is 349 g/mol. The van der Waals surface area contributed by atoms with E-state index in [1.165, 1.54) is 6.07 Å². The molecule has 4 nitrogen and oxygen atoms in total. The Morgan fingerprint density at radius 1 is 1.12 bits per heavy atom. The normalized spacial score (nSPS) is 10.4. The van der Waals surface area contributed by atoms with Crippen molar-refractivity contribution in [2.75, 3.05) is 11.9 Å². The summed E-state index contributed by atoms with van der Waals surface area (Å²) >= 11 is 5.78. The van der Waals surface area contributed by atoms with Crippen molar-refractivity contribution in [2.24, 2.45) is 0 Å². The van der Waals surface area contributed by atoms with E-state index >= 15 is 0 Å². The van der Waals surface area contributed by atoms with E-state index in [4.69, 9.17) is 16.3 Å². The van der Waals surface area contributed by atoms with Crippen molar-refractivity contribution >= 4 is 29.2 Å². The first kappa shape index (κ1) is 17.9. The first-order valence-electron chi connectivity index (χ1n) is 7.28. The lowest BCUT2D eigenvalue weighted by molar-refractivity contribution is -0.119. The molecule has 0 aliphatic rings. The van der Waals surface area contributed by atoms with Crippen molar-refractivity contribution in [3.8, 4) is 0 Å². The number of carbonyl (C=O) groups is 2. The Hall–Kier alpha value is -2.40. The van der Waals surface area contributed by atoms with Gasteiger partial charge in [0.05, 0.1) is 10.6 Å². The summed E-state index contributed by atoms with van der Waals surface area (Å²) in [6.07, 6.45) is 0. The van der Waals surface area contributed by atoms with Gasteiger partial charge in [-0.05, 0) is 50.1 Å². The first-order chi connectivity index (χ1) is 11.3. The van der Waals surface area contributed by atoms with Gasteiger partial charge in [-0.2, -0.15) is 0 Å². The molecule has 0 spiro atoms. The van der Waals surface area contributed by atoms with Crippen molar-refractivity contribution in [2.45, 2.75) is 20.8 Å². The number of nitrogens with one attached hydrogen (secondary N) is 1. The van der Waals surface area contributed by atoms with Crippen LogP contribution >= 0.6 is 11.6 Å². The van der Waals surface area contributed by atoms with E-state index in [0.29, 0.717) is 5.69 Å². The van der Waals surface area contributed by atoms with Gasteiger partial charge >= 0.3 is 5.97 Å². The second kappa shape index (κ2) is 7.45. The van der Waals surface area contributed by atoms with E-state index < -0.39 is 24.3 Å². The standard InChI is InChI=1S/C18H17ClFNO3/c1-10-6-11(2)17(12(3)7-10)21-16(22)9-24-18(23)14-5-4-13(20)8-15(14)19/h4-8H,9H2,1-3H3,(H,21,22). The van der Waals surface area contributed by atoms with Crippen molar-refractivity contribution < 1.29 is 18.7 Å². The minimum atomic E-state index is -0.785. The molecule has 2 aromatic rings. The molecule has 0 aliphatic heterocycles. The lowest BCUT2D eigenvalue weighted by atomic mass is 10.1. The van der Waals surface area contributed by atoms with Crippen LogP contribution in [0, 0.1) is 26.6 Å². The SMILES string of the molecule is Cc1cc(C)c(NC(=O)COC(=O)c2ccc(F)cc2Cl)c(C)c1. The smallest absolute Gasteiger partial charge is 0.340 e. The fraction of sp³-hybridized carbons (Fsp3) is 0.222. The Balaban J connectivity index is 2.00. The maximum absolute atomic E-state index is 13.0. The lowest BCUT2D eigenvalue weighted by Crippen LogP contribution is -2.22. The molecule has 0 atom stereocenters. The minimum Gasteiger partial charge on any atom is -0.452 e. The van der Waals surface area contributed by atoms with Crippen LogP contribution < -0.4 is 5.32 Å². The first-order valence-corrected chi connectivity index (χ1v) is 7.65. The molecule has 0 saturated heterocycles. The van der Waals surface area contributed by atoms with Gasteiger partial charge in [-0.1, -0.05) is 29.3 Å². The highest BCUT2D eigenvalue weighted by atomic mass is 35.5. The van der Waals surface area contributed by atoms with Gasteiger partial charge in [0.25, 0.3) is 5.91 Å². The van der Waals surface area contributed by atoms with Crippen LogP contribution in [-0.2, 0) is 9.53 Å². The number of amides is 1. The van der Waals surface area contributed by atoms with E-state index in [9.17, 15) is 14.0 Å². The van der Waals surface area contributed by atoms with Crippen molar-refractivity contribution in [3.63, 3.8) is 0 Å². The molecule has 0 heterocycles. The zero-order valence-electron chi connectivity index (χ0n) is 13.6. The second-order valence-electron chi connectivity index (χ2n) is 5.52. The fourth-order valence-corrected chi connectivity index (χ4v) is 2.66. The molecule has 1 N–H and O–H groups in total. The van der Waals surface area contributed by atoms with Gasteiger partial charge in [-0.3, -0.25) is 4.79 Å². The molecule has 2 aromatic carbocycles. The Bertz CT molecular complexity index is 782. The number of carbonyl (C=O) groups excluding carboxylic acids is 2. The molecule has 0 fully saturated rings. The van der Waals surface area contributed by atoms with E-state index in [2.05, 4.69) is 5.32 Å². The summed E-state index contributed by atoms with van der Waals surface area (Å²) < 4.78 is 17.9. The molecular formula is C18H17ClFNO3. The Morgan fingerprint density at radius 2 is 1.75 bits per heavy atom. The molecule has 0 aliphatic carbocycles. The fourth-order valence-electron chi connectivity index (χ4n) is 2.42. The maximum atomic E-state index is 13.0. The minimum absolute atomic E-state index is 0.00793. The Kier molecular flexibility index (Phi) is 5.57. The second-order valence-corrected chi connectivity index (χ2v) is 5.93. The highest BCUT2D eigenvalue weighted by Crippen LogP contribution is 2.22. The summed E-state index contributed by atoms with van der Waals surface area (Å²) in [5.41, 5.74) is 3.65. The number of halogens is 2. The largest absolute Gasteiger partial charge is 0.452 e. The number of anilines is 1. The van der Waals surface area contributed by atoms with Crippen LogP contribution in [0.25, 0.3) is 0 Å². The number of rotatable bonds is 4. The van der Waals surface area contributed by atoms with Gasteiger partial charge in [0.1, 0.15) is 5.82 Å². The van der Waals surface area contributed by atoms with Crippen LogP contribution in [0.2, 0.25) is 5.02 Å². The number of benzene rings is 2. The maximum Gasteiger partial charge on any atom is 0.340 e. The topological polar surface area (TPSA) is 55.4 Å². The number of hydrogen-bond donors (Lipinski definition) is 1. The molecule has 0 aromatic heterocycles. The average molecular weight is 350 g/mol. The van der Waals surface area contributed by atoms with E-state index in [0.717, 1.165) is 28.8 Å². The number of esters is 1. The van der Waals surface area contributed by atoms with Crippen LogP contribution in [0.4, 0.5) is 10.1 Å². The molecule has 0 saturated carbocycles. The quantitative estimate of drug-likeness (QED) is 0.842. The molecule has 0 radical (unpaired) electrons. The zero-order valence-corrected chi connectivity index (χ0v) is 14.3. The number of ether oxygens (including phenoxy) is 1. The molecule has 24 heavy (non-hydrogen) atoms. The molecule has 2 rings (SSSR count). The van der Waals surface area contributed by atoms with Crippen LogP contribution in [0.1, 0.15) is 27.0 Å². The zero-order chi connectivity index (χ0) is 17.9. The third-order valence-electron chi connectivity index (χ3n) is 3.43. The molecular weight excluding hydrogens is 333 g/mol. The van der Waals surface area contributed by atoms with Crippen molar-refractivity contribution in [1.29, 1.82) is 0 Å². The third-order valence-corrected chi connectivity index (χ3v) is 3.74. The third kappa shape index (κ3) is 4.32. The summed E-state index contributed by atoms with van der Waals surface area (Å²) in [5.74, 6) is -1.80. The van der Waals surface area contributed by atoms with Crippen LogP contribution in [0.15, 0.2) is 30.3 Å². The van der Waals surface area contributed by atoms with Crippen molar-refractivity contribution in [1.82, 2.24) is 0 Å². The Morgan fingerprint density at radius 3 is 2.33 bits per heavy atom. The van der Waals surface area contributed by atoms with Gasteiger partial charge < -0.3 is 10.1 Å². The highest BCUT2D eigenvalue weighted by Gasteiger charge is 2.15. The number of aryl methyl sites for hydroxylation is 3. The summed E-state index contributed by atoms with van der Waals surface area (Å²) in [7, 11) is 0. The molecule has 0 unspecified atom stereocenters. The van der Waals surface area contributed by atoms with E-state index in [1.807, 2.05) is 32.9 Å². The molecule has 1 amide bonds. The van der Waals surface area contributed by atoms with Gasteiger partial charge in [-0.15, -0.1) is 0 Å². The summed E-state index contributed by atoms with van der Waals surface area (Å²) in [6.45, 7) is 5.29. The summed E-state index contributed by atoms with van der Waals surface area (Å²) in [5, 5.41) is 2.66. The molecule has 126 valence electrons. The summed E-state index contributed by atoms with van der Waals surface area (Å²) in [6, 6.07) is 7.23. The van der Waals surface area contributed by atoms with Gasteiger partial charge in [0.2, 0.25) is 0 Å². The highest BCUT2D eigenvalue weighted by molar-refractivity contribution is 6.33. The van der Waals surface area contributed by atoms with Crippen LogP contribution in [-0.4, -0.2) is 18.5 Å². The van der Waals surface area contributed by atoms with Gasteiger partial charge in [0, 0.05) is 5.69 Å². The van der Waals surface area contributed by atoms with Crippen molar-refractivity contribution in [3.05, 3.63) is 63.4 Å². The summed E-state index contributed by atoms with van der Waals surface area (Å²) in [4.78, 5) is 23.9. The molecule has 0 bridgehead atoms. The Labute approximate surface area is 144 Å². The molecule has 6 heteroatoms. The lowest BCUT2D eigenvalue weighted by Gasteiger charge is -2.13. The van der Waals surface area contributed by atoms with E-state index in [-0.39, 0.29) is 10.6 Å². The van der Waals surface area contributed by atoms with Crippen LogP contribution in [0.5, 0.6) is 0 Å². The predicted octanol–water partition coefficient (Wildman–Crippen LogP) is 4.20.